The Morgan fingerprint density at radius 3 is 3.08 bits per heavy atom. The molecule has 0 unspecified atom stereocenters. The van der Waals surface area contributed by atoms with Gasteiger partial charge < -0.3 is 4.98 Å². The van der Waals surface area contributed by atoms with Crippen LogP contribution in [-0.2, 0) is 0 Å². The zero-order valence-corrected chi connectivity index (χ0v) is 7.92. The molecule has 0 saturated carbocycles. The van der Waals surface area contributed by atoms with E-state index in [-0.39, 0.29) is 5.69 Å². The highest BCUT2D eigenvalue weighted by molar-refractivity contribution is 9.10. The first-order chi connectivity index (χ1) is 5.68. The standard InChI is InChI=1S/C7H6BrN3O/c1-4-3-11-6(10-4)5(8)2-9-7(11)12/h2-3H,1H3,(H,9,12). The van der Waals surface area contributed by atoms with Crippen molar-refractivity contribution in [2.24, 2.45) is 0 Å². The van der Waals surface area contributed by atoms with Gasteiger partial charge in [-0.15, -0.1) is 0 Å². The maximum Gasteiger partial charge on any atom is 0.331 e. The van der Waals surface area contributed by atoms with Gasteiger partial charge in [-0.2, -0.15) is 0 Å². The highest BCUT2D eigenvalue weighted by atomic mass is 79.9. The lowest BCUT2D eigenvalue weighted by Crippen LogP contribution is -2.14. The van der Waals surface area contributed by atoms with Gasteiger partial charge in [-0.25, -0.2) is 9.78 Å². The molecular weight excluding hydrogens is 222 g/mol. The van der Waals surface area contributed by atoms with Crippen LogP contribution in [0, 0.1) is 6.92 Å². The largest absolute Gasteiger partial charge is 0.331 e. The number of aryl methyl sites for hydroxylation is 1. The number of hydrogen-bond acceptors (Lipinski definition) is 2. The van der Waals surface area contributed by atoms with Crippen LogP contribution in [0.1, 0.15) is 5.69 Å². The Labute approximate surface area is 76.4 Å². The second-order valence-corrected chi connectivity index (χ2v) is 3.37. The van der Waals surface area contributed by atoms with Crippen LogP contribution in [0.4, 0.5) is 0 Å². The number of hydrogen-bond donors (Lipinski definition) is 1. The first-order valence-electron chi connectivity index (χ1n) is 3.41. The fourth-order valence-electron chi connectivity index (χ4n) is 1.08. The van der Waals surface area contributed by atoms with Gasteiger partial charge in [0.2, 0.25) is 0 Å². The van der Waals surface area contributed by atoms with Crippen LogP contribution in [-0.4, -0.2) is 14.4 Å². The van der Waals surface area contributed by atoms with Gasteiger partial charge in [0.05, 0.1) is 10.2 Å². The lowest BCUT2D eigenvalue weighted by Gasteiger charge is -1.92. The Balaban J connectivity index is 3.03. The molecule has 5 heteroatoms. The first kappa shape index (κ1) is 7.54. The SMILES string of the molecule is Cc1cn2c(=O)[nH]cc(Br)c2n1. The number of aromatic nitrogens is 3. The summed E-state index contributed by atoms with van der Waals surface area (Å²) in [5.41, 5.74) is 1.30. The first-order valence-corrected chi connectivity index (χ1v) is 4.20. The van der Waals surface area contributed by atoms with Crippen LogP contribution in [0.2, 0.25) is 0 Å². The molecule has 0 saturated heterocycles. The molecule has 2 aromatic heterocycles. The minimum atomic E-state index is -0.172. The average molecular weight is 228 g/mol. The number of nitrogens with zero attached hydrogens (tertiary/aromatic N) is 2. The Kier molecular flexibility index (Phi) is 1.54. The van der Waals surface area contributed by atoms with Crippen molar-refractivity contribution in [2.75, 3.05) is 0 Å². The van der Waals surface area contributed by atoms with Gasteiger partial charge in [0.15, 0.2) is 5.65 Å². The van der Waals surface area contributed by atoms with Crippen molar-refractivity contribution < 1.29 is 0 Å². The smallest absolute Gasteiger partial charge is 0.313 e. The molecule has 2 rings (SSSR count). The van der Waals surface area contributed by atoms with Gasteiger partial charge in [-0.1, -0.05) is 0 Å². The third kappa shape index (κ3) is 0.972. The van der Waals surface area contributed by atoms with Crippen molar-refractivity contribution >= 4 is 21.6 Å². The summed E-state index contributed by atoms with van der Waals surface area (Å²) in [7, 11) is 0. The van der Waals surface area contributed by atoms with Crippen molar-refractivity contribution in [3.8, 4) is 0 Å². The Bertz CT molecular complexity index is 485. The minimum absolute atomic E-state index is 0.172. The highest BCUT2D eigenvalue weighted by Gasteiger charge is 2.03. The fourth-order valence-corrected chi connectivity index (χ4v) is 1.47. The molecule has 0 spiro atoms. The molecule has 2 aromatic rings. The zero-order chi connectivity index (χ0) is 8.72. The van der Waals surface area contributed by atoms with Crippen LogP contribution in [0.15, 0.2) is 21.7 Å². The van der Waals surface area contributed by atoms with Crippen LogP contribution in [0.3, 0.4) is 0 Å². The summed E-state index contributed by atoms with van der Waals surface area (Å²) in [5.74, 6) is 0. The van der Waals surface area contributed by atoms with Gasteiger partial charge in [-0.05, 0) is 22.9 Å². The molecule has 0 aromatic carbocycles. The third-order valence-electron chi connectivity index (χ3n) is 1.58. The van der Waals surface area contributed by atoms with Gasteiger partial charge >= 0.3 is 5.69 Å². The van der Waals surface area contributed by atoms with E-state index in [0.29, 0.717) is 5.65 Å². The highest BCUT2D eigenvalue weighted by Crippen LogP contribution is 2.13. The zero-order valence-electron chi connectivity index (χ0n) is 6.34. The molecule has 0 atom stereocenters. The van der Waals surface area contributed by atoms with Crippen molar-refractivity contribution in [1.82, 2.24) is 14.4 Å². The van der Waals surface area contributed by atoms with Crippen LogP contribution in [0.5, 0.6) is 0 Å². The van der Waals surface area contributed by atoms with Crippen LogP contribution < -0.4 is 5.69 Å². The summed E-state index contributed by atoms with van der Waals surface area (Å²) in [4.78, 5) is 17.9. The number of H-pyrrole nitrogens is 1. The predicted octanol–water partition coefficient (Wildman–Crippen LogP) is 1.09. The Morgan fingerprint density at radius 1 is 1.67 bits per heavy atom. The minimum Gasteiger partial charge on any atom is -0.313 e. The molecule has 0 aliphatic rings. The van der Waals surface area contributed by atoms with E-state index in [1.807, 2.05) is 6.92 Å². The van der Waals surface area contributed by atoms with Gasteiger partial charge in [0.25, 0.3) is 0 Å². The average Bonchev–Trinajstić information content (AvgIpc) is 2.41. The summed E-state index contributed by atoms with van der Waals surface area (Å²) in [6, 6.07) is 0. The predicted molar refractivity (Wildman–Crippen MR) is 48.2 cm³/mol. The molecule has 1 N–H and O–H groups in total. The monoisotopic (exact) mass is 227 g/mol. The molecule has 0 aliphatic heterocycles. The number of rotatable bonds is 0. The lowest BCUT2D eigenvalue weighted by atomic mass is 10.6. The van der Waals surface area contributed by atoms with E-state index in [1.165, 1.54) is 4.40 Å². The maximum absolute atomic E-state index is 11.2. The summed E-state index contributed by atoms with van der Waals surface area (Å²) < 4.78 is 2.26. The molecule has 0 fully saturated rings. The van der Waals surface area contributed by atoms with E-state index in [0.717, 1.165) is 10.2 Å². The van der Waals surface area contributed by atoms with E-state index in [9.17, 15) is 4.79 Å². The summed E-state index contributed by atoms with van der Waals surface area (Å²) in [6.45, 7) is 1.85. The molecule has 0 radical (unpaired) electrons. The van der Waals surface area contributed by atoms with Gasteiger partial charge in [0.1, 0.15) is 0 Å². The van der Waals surface area contributed by atoms with Crippen LogP contribution >= 0.6 is 15.9 Å². The molecule has 2 heterocycles. The molecule has 12 heavy (non-hydrogen) atoms. The number of halogens is 1. The van der Waals surface area contributed by atoms with Crippen molar-refractivity contribution in [2.45, 2.75) is 6.92 Å². The Morgan fingerprint density at radius 2 is 2.42 bits per heavy atom. The van der Waals surface area contributed by atoms with Crippen molar-refractivity contribution in [3.63, 3.8) is 0 Å². The number of imidazole rings is 1. The van der Waals surface area contributed by atoms with E-state index in [2.05, 4.69) is 25.9 Å². The maximum atomic E-state index is 11.2. The molecule has 0 aliphatic carbocycles. The normalized spacial score (nSPS) is 10.8. The van der Waals surface area contributed by atoms with Crippen molar-refractivity contribution in [1.29, 1.82) is 0 Å². The Hall–Kier alpha value is -1.10. The van der Waals surface area contributed by atoms with E-state index < -0.39 is 0 Å². The second kappa shape index (κ2) is 2.45. The molecule has 0 amide bonds. The molecule has 4 nitrogen and oxygen atoms in total. The van der Waals surface area contributed by atoms with Crippen LogP contribution in [0.25, 0.3) is 5.65 Å². The number of aromatic amines is 1. The van der Waals surface area contributed by atoms with E-state index in [1.54, 1.807) is 12.4 Å². The third-order valence-corrected chi connectivity index (χ3v) is 2.16. The van der Waals surface area contributed by atoms with Crippen molar-refractivity contribution in [3.05, 3.63) is 33.0 Å². The molecule has 62 valence electrons. The van der Waals surface area contributed by atoms with Gasteiger partial charge in [0, 0.05) is 12.4 Å². The second-order valence-electron chi connectivity index (χ2n) is 2.52. The summed E-state index contributed by atoms with van der Waals surface area (Å²) in [6.07, 6.45) is 3.28. The quantitative estimate of drug-likeness (QED) is 0.733. The van der Waals surface area contributed by atoms with E-state index >= 15 is 0 Å². The molecule has 0 bridgehead atoms. The van der Waals surface area contributed by atoms with Gasteiger partial charge in [-0.3, -0.25) is 4.40 Å². The number of nitrogens with one attached hydrogen (secondary N) is 1. The lowest BCUT2D eigenvalue weighted by molar-refractivity contribution is 0.995. The fraction of sp³-hybridized carbons (Fsp3) is 0.143. The topological polar surface area (TPSA) is 50.2 Å². The number of fused-ring (bicyclic) bond motifs is 1. The van der Waals surface area contributed by atoms with E-state index in [4.69, 9.17) is 0 Å². The molecular formula is C7H6BrN3O. The summed E-state index contributed by atoms with van der Waals surface area (Å²) >= 11 is 3.29. The summed E-state index contributed by atoms with van der Waals surface area (Å²) in [5, 5.41) is 0.